The monoisotopic (exact) mass is 358 g/mol. The highest BCUT2D eigenvalue weighted by atomic mass is 35.5. The number of halogens is 2. The zero-order valence-corrected chi connectivity index (χ0v) is 13.9. The van der Waals surface area contributed by atoms with Crippen LogP contribution in [0.5, 0.6) is 0 Å². The minimum atomic E-state index is -1.13. The van der Waals surface area contributed by atoms with Crippen molar-refractivity contribution in [3.63, 3.8) is 0 Å². The van der Waals surface area contributed by atoms with Crippen molar-refractivity contribution >= 4 is 41.0 Å². The molecule has 1 fully saturated rings. The summed E-state index contributed by atoms with van der Waals surface area (Å²) in [7, 11) is 0. The van der Waals surface area contributed by atoms with Crippen molar-refractivity contribution in [3.05, 3.63) is 33.8 Å². The lowest BCUT2D eigenvalue weighted by Crippen LogP contribution is -2.50. The molecular formula is C15H16Cl2N2O4. The summed E-state index contributed by atoms with van der Waals surface area (Å²) in [5, 5.41) is 11.9. The quantitative estimate of drug-likeness (QED) is 0.863. The SMILES string of the molecule is C[C@@H](NC(=O)[C@@H]1CCCN1C(=O)c1ccc(Cl)c(Cl)c1)C(=O)O. The first-order valence-corrected chi connectivity index (χ1v) is 7.86. The third kappa shape index (κ3) is 3.95. The van der Waals surface area contributed by atoms with Crippen LogP contribution in [0.3, 0.4) is 0 Å². The fourth-order valence-electron chi connectivity index (χ4n) is 2.45. The molecule has 124 valence electrons. The molecule has 1 aliphatic rings. The largest absolute Gasteiger partial charge is 0.480 e. The van der Waals surface area contributed by atoms with Crippen LogP contribution in [0.1, 0.15) is 30.1 Å². The van der Waals surface area contributed by atoms with Gasteiger partial charge in [-0.15, -0.1) is 0 Å². The molecule has 2 atom stereocenters. The molecule has 0 aromatic heterocycles. The molecule has 1 aromatic carbocycles. The first-order valence-electron chi connectivity index (χ1n) is 7.10. The Labute approximate surface area is 143 Å². The Kier molecular flexibility index (Phi) is 5.49. The van der Waals surface area contributed by atoms with E-state index in [4.69, 9.17) is 28.3 Å². The Morgan fingerprint density at radius 3 is 2.61 bits per heavy atom. The molecule has 23 heavy (non-hydrogen) atoms. The van der Waals surface area contributed by atoms with E-state index < -0.39 is 24.0 Å². The molecule has 8 heteroatoms. The van der Waals surface area contributed by atoms with Gasteiger partial charge in [-0.05, 0) is 38.0 Å². The van der Waals surface area contributed by atoms with Gasteiger partial charge in [0.25, 0.3) is 5.91 Å². The number of nitrogens with one attached hydrogen (secondary N) is 1. The normalized spacial score (nSPS) is 18.6. The smallest absolute Gasteiger partial charge is 0.325 e. The van der Waals surface area contributed by atoms with Crippen molar-refractivity contribution in [2.45, 2.75) is 31.8 Å². The highest BCUT2D eigenvalue weighted by Crippen LogP contribution is 2.26. The summed E-state index contributed by atoms with van der Waals surface area (Å²) < 4.78 is 0. The second-order valence-electron chi connectivity index (χ2n) is 5.35. The standard InChI is InChI=1S/C15H16Cl2N2O4/c1-8(15(22)23)18-13(20)12-3-2-6-19(12)14(21)9-4-5-10(16)11(17)7-9/h4-5,7-8,12H,2-3,6H2,1H3,(H,18,20)(H,22,23)/t8-,12+/m1/s1. The van der Waals surface area contributed by atoms with Gasteiger partial charge in [-0.25, -0.2) is 0 Å². The van der Waals surface area contributed by atoms with Gasteiger partial charge in [0.2, 0.25) is 5.91 Å². The first-order chi connectivity index (χ1) is 10.8. The minimum Gasteiger partial charge on any atom is -0.480 e. The van der Waals surface area contributed by atoms with E-state index in [1.54, 1.807) is 6.07 Å². The summed E-state index contributed by atoms with van der Waals surface area (Å²) in [5.74, 6) is -1.92. The maximum absolute atomic E-state index is 12.6. The van der Waals surface area contributed by atoms with Crippen molar-refractivity contribution < 1.29 is 19.5 Å². The Morgan fingerprint density at radius 2 is 2.00 bits per heavy atom. The van der Waals surface area contributed by atoms with E-state index in [0.29, 0.717) is 30.0 Å². The van der Waals surface area contributed by atoms with Crippen LogP contribution in [0.25, 0.3) is 0 Å². The number of amides is 2. The van der Waals surface area contributed by atoms with Gasteiger partial charge in [-0.1, -0.05) is 23.2 Å². The van der Waals surface area contributed by atoms with Crippen molar-refractivity contribution in [2.75, 3.05) is 6.54 Å². The van der Waals surface area contributed by atoms with Gasteiger partial charge < -0.3 is 15.3 Å². The van der Waals surface area contributed by atoms with Gasteiger partial charge in [0.15, 0.2) is 0 Å². The molecular weight excluding hydrogens is 343 g/mol. The Balaban J connectivity index is 2.14. The average Bonchev–Trinajstić information content (AvgIpc) is 2.98. The predicted molar refractivity (Wildman–Crippen MR) is 85.8 cm³/mol. The lowest BCUT2D eigenvalue weighted by molar-refractivity contribution is -0.141. The van der Waals surface area contributed by atoms with Crippen LogP contribution >= 0.6 is 23.2 Å². The number of nitrogens with zero attached hydrogens (tertiary/aromatic N) is 1. The molecule has 0 bridgehead atoms. The van der Waals surface area contributed by atoms with Crippen molar-refractivity contribution in [3.8, 4) is 0 Å². The lowest BCUT2D eigenvalue weighted by Gasteiger charge is -2.25. The molecule has 0 spiro atoms. The van der Waals surface area contributed by atoms with E-state index in [1.165, 1.54) is 24.0 Å². The van der Waals surface area contributed by atoms with E-state index >= 15 is 0 Å². The molecule has 0 aliphatic carbocycles. The second kappa shape index (κ2) is 7.19. The van der Waals surface area contributed by atoms with Crippen LogP contribution < -0.4 is 5.32 Å². The van der Waals surface area contributed by atoms with Gasteiger partial charge >= 0.3 is 5.97 Å². The first kappa shape index (κ1) is 17.6. The van der Waals surface area contributed by atoms with Crippen LogP contribution in [0.15, 0.2) is 18.2 Å². The summed E-state index contributed by atoms with van der Waals surface area (Å²) in [4.78, 5) is 37.1. The average molecular weight is 359 g/mol. The van der Waals surface area contributed by atoms with Crippen molar-refractivity contribution in [1.29, 1.82) is 0 Å². The number of rotatable bonds is 4. The molecule has 6 nitrogen and oxygen atoms in total. The van der Waals surface area contributed by atoms with Gasteiger partial charge in [-0.2, -0.15) is 0 Å². The number of carbonyl (C=O) groups excluding carboxylic acids is 2. The zero-order valence-electron chi connectivity index (χ0n) is 12.4. The van der Waals surface area contributed by atoms with Gasteiger partial charge in [-0.3, -0.25) is 14.4 Å². The van der Waals surface area contributed by atoms with Gasteiger partial charge in [0, 0.05) is 12.1 Å². The number of hydrogen-bond donors (Lipinski definition) is 2. The number of benzene rings is 1. The van der Waals surface area contributed by atoms with Crippen LogP contribution in [-0.2, 0) is 9.59 Å². The second-order valence-corrected chi connectivity index (χ2v) is 6.17. The van der Waals surface area contributed by atoms with Crippen LogP contribution in [0, 0.1) is 0 Å². The van der Waals surface area contributed by atoms with E-state index in [-0.39, 0.29) is 10.9 Å². The Bertz CT molecular complexity index is 650. The van der Waals surface area contributed by atoms with Crippen LogP contribution in [0.2, 0.25) is 10.0 Å². The number of carboxylic acid groups (broad SMARTS) is 1. The molecule has 2 rings (SSSR count). The lowest BCUT2D eigenvalue weighted by atomic mass is 10.1. The summed E-state index contributed by atoms with van der Waals surface area (Å²) in [6.07, 6.45) is 1.16. The maximum Gasteiger partial charge on any atom is 0.325 e. The number of carbonyl (C=O) groups is 3. The number of hydrogen-bond acceptors (Lipinski definition) is 3. The van der Waals surface area contributed by atoms with Gasteiger partial charge in [0.05, 0.1) is 10.0 Å². The number of aliphatic carboxylic acids is 1. The fourth-order valence-corrected chi connectivity index (χ4v) is 2.75. The highest BCUT2D eigenvalue weighted by Gasteiger charge is 2.35. The third-order valence-electron chi connectivity index (χ3n) is 3.71. The number of carboxylic acids is 1. The molecule has 1 aliphatic heterocycles. The molecule has 0 unspecified atom stereocenters. The maximum atomic E-state index is 12.6. The molecule has 1 saturated heterocycles. The zero-order chi connectivity index (χ0) is 17.1. The molecule has 1 heterocycles. The molecule has 2 amide bonds. The van der Waals surface area contributed by atoms with E-state index in [9.17, 15) is 14.4 Å². The summed E-state index contributed by atoms with van der Waals surface area (Å²) in [5.41, 5.74) is 0.338. The predicted octanol–water partition coefficient (Wildman–Crippen LogP) is 2.19. The van der Waals surface area contributed by atoms with Crippen molar-refractivity contribution in [1.82, 2.24) is 10.2 Å². The van der Waals surface area contributed by atoms with Crippen LogP contribution in [0.4, 0.5) is 0 Å². The van der Waals surface area contributed by atoms with E-state index in [2.05, 4.69) is 5.32 Å². The molecule has 1 aromatic rings. The Hall–Kier alpha value is -1.79. The fraction of sp³-hybridized carbons (Fsp3) is 0.400. The summed E-state index contributed by atoms with van der Waals surface area (Å²) in [6.45, 7) is 1.80. The molecule has 0 saturated carbocycles. The molecule has 0 radical (unpaired) electrons. The van der Waals surface area contributed by atoms with Crippen molar-refractivity contribution in [2.24, 2.45) is 0 Å². The summed E-state index contributed by atoms with van der Waals surface area (Å²) in [6, 6.07) is 2.83. The van der Waals surface area contributed by atoms with E-state index in [1.807, 2.05) is 0 Å². The number of likely N-dealkylation sites (tertiary alicyclic amines) is 1. The minimum absolute atomic E-state index is 0.261. The van der Waals surface area contributed by atoms with Gasteiger partial charge in [0.1, 0.15) is 12.1 Å². The molecule has 2 N–H and O–H groups in total. The van der Waals surface area contributed by atoms with E-state index in [0.717, 1.165) is 0 Å². The Morgan fingerprint density at radius 1 is 1.30 bits per heavy atom. The third-order valence-corrected chi connectivity index (χ3v) is 4.45. The highest BCUT2D eigenvalue weighted by molar-refractivity contribution is 6.42. The summed E-state index contributed by atoms with van der Waals surface area (Å²) >= 11 is 11.8. The van der Waals surface area contributed by atoms with Crippen LogP contribution in [-0.4, -0.2) is 46.4 Å². The topological polar surface area (TPSA) is 86.7 Å².